The highest BCUT2D eigenvalue weighted by Crippen LogP contribution is 2.53. The Bertz CT molecular complexity index is 3730. The van der Waals surface area contributed by atoms with Crippen LogP contribution in [0.15, 0.2) is 194 Å². The Labute approximate surface area is 342 Å². The third kappa shape index (κ3) is 4.55. The molecule has 0 spiro atoms. The van der Waals surface area contributed by atoms with Gasteiger partial charge in [0.25, 0.3) is 0 Å². The van der Waals surface area contributed by atoms with Gasteiger partial charge in [0.15, 0.2) is 0 Å². The topological polar surface area (TPSA) is 0 Å². The maximum absolute atomic E-state index is 2.51. The first-order valence-corrected chi connectivity index (χ1v) is 20.8. The van der Waals surface area contributed by atoms with Crippen molar-refractivity contribution in [3.63, 3.8) is 0 Å². The molecule has 12 aromatic rings. The summed E-state index contributed by atoms with van der Waals surface area (Å²) < 4.78 is 0. The van der Waals surface area contributed by atoms with Crippen LogP contribution in [0.2, 0.25) is 0 Å². The molecule has 13 rings (SSSR count). The summed E-state index contributed by atoms with van der Waals surface area (Å²) in [5.41, 5.74) is 13.0. The largest absolute Gasteiger partial charge is 0.0616 e. The van der Waals surface area contributed by atoms with Gasteiger partial charge in [0.1, 0.15) is 0 Å². The summed E-state index contributed by atoms with van der Waals surface area (Å²) in [7, 11) is 0. The molecule has 0 nitrogen and oxygen atoms in total. The number of fused-ring (bicyclic) bond motifs is 8. The number of rotatable bonds is 3. The molecule has 59 heavy (non-hydrogen) atoms. The minimum atomic E-state index is -0.173. The van der Waals surface area contributed by atoms with Gasteiger partial charge in [-0.15, -0.1) is 0 Å². The number of benzene rings is 12. The van der Waals surface area contributed by atoms with E-state index in [1.54, 1.807) is 0 Å². The lowest BCUT2D eigenvalue weighted by Crippen LogP contribution is -2.15. The Morgan fingerprint density at radius 2 is 0.763 bits per heavy atom. The molecule has 0 saturated carbocycles. The lowest BCUT2D eigenvalue weighted by Gasteiger charge is -2.24. The summed E-state index contributed by atoms with van der Waals surface area (Å²) in [5.74, 6) is 0. The van der Waals surface area contributed by atoms with Crippen LogP contribution in [-0.2, 0) is 5.41 Å². The average Bonchev–Trinajstić information content (AvgIpc) is 3.51. The van der Waals surface area contributed by atoms with E-state index in [0.29, 0.717) is 0 Å². The van der Waals surface area contributed by atoms with Gasteiger partial charge in [-0.1, -0.05) is 190 Å². The van der Waals surface area contributed by atoms with Gasteiger partial charge in [-0.3, -0.25) is 0 Å². The second-order valence-corrected chi connectivity index (χ2v) is 17.2. The molecule has 0 atom stereocenters. The second kappa shape index (κ2) is 11.9. The van der Waals surface area contributed by atoms with Crippen molar-refractivity contribution in [2.75, 3.05) is 0 Å². The molecule has 0 radical (unpaired) electrons. The summed E-state index contributed by atoms with van der Waals surface area (Å²) in [5, 5.41) is 18.1. The Morgan fingerprint density at radius 1 is 0.271 bits per heavy atom. The van der Waals surface area contributed by atoms with Gasteiger partial charge in [-0.05, 0) is 149 Å². The maximum atomic E-state index is 2.51. The molecule has 274 valence electrons. The van der Waals surface area contributed by atoms with E-state index in [-0.39, 0.29) is 5.41 Å². The molecule has 0 N–H and O–H groups in total. The van der Waals surface area contributed by atoms with Crippen LogP contribution < -0.4 is 0 Å². The van der Waals surface area contributed by atoms with E-state index in [2.05, 4.69) is 208 Å². The molecule has 12 aromatic carbocycles. The van der Waals surface area contributed by atoms with Gasteiger partial charge in [-0.25, -0.2) is 0 Å². The van der Waals surface area contributed by atoms with E-state index >= 15 is 0 Å². The smallest absolute Gasteiger partial charge is 0.0159 e. The van der Waals surface area contributed by atoms with Gasteiger partial charge >= 0.3 is 0 Å². The Kier molecular flexibility index (Phi) is 6.60. The van der Waals surface area contributed by atoms with Crippen LogP contribution in [0.4, 0.5) is 0 Å². The molecular formula is C59H38. The highest BCUT2D eigenvalue weighted by Gasteiger charge is 2.36. The molecule has 0 aliphatic heterocycles. The first-order chi connectivity index (χ1) is 29.0. The van der Waals surface area contributed by atoms with Crippen LogP contribution in [0.5, 0.6) is 0 Å². The fourth-order valence-electron chi connectivity index (χ4n) is 10.9. The zero-order valence-electron chi connectivity index (χ0n) is 33.0. The van der Waals surface area contributed by atoms with Crippen LogP contribution >= 0.6 is 0 Å². The van der Waals surface area contributed by atoms with Gasteiger partial charge in [0.2, 0.25) is 0 Å². The van der Waals surface area contributed by atoms with Crippen LogP contribution in [0.3, 0.4) is 0 Å². The SMILES string of the molecule is CC1(C)c2cc(-c3ccc4ccccc4c3)ccc2-c2ccc(-c3c4ccccc4c(-c4ccc5ccc6cccc7ccc4c5c67)c4c3ccc3ccccc34)cc21. The fourth-order valence-corrected chi connectivity index (χ4v) is 10.9. The van der Waals surface area contributed by atoms with Crippen LogP contribution in [-0.4, -0.2) is 0 Å². The summed E-state index contributed by atoms with van der Waals surface area (Å²) in [6.07, 6.45) is 0. The van der Waals surface area contributed by atoms with Crippen molar-refractivity contribution in [1.29, 1.82) is 0 Å². The van der Waals surface area contributed by atoms with Crippen LogP contribution in [0.1, 0.15) is 25.0 Å². The second-order valence-electron chi connectivity index (χ2n) is 17.2. The summed E-state index contributed by atoms with van der Waals surface area (Å²) in [6.45, 7) is 4.82. The van der Waals surface area contributed by atoms with Gasteiger partial charge in [0, 0.05) is 5.41 Å². The Hall–Kier alpha value is -7.28. The molecule has 0 heteroatoms. The molecule has 0 unspecified atom stereocenters. The van der Waals surface area contributed by atoms with E-state index in [4.69, 9.17) is 0 Å². The van der Waals surface area contributed by atoms with E-state index in [0.717, 1.165) is 0 Å². The lowest BCUT2D eigenvalue weighted by molar-refractivity contribution is 0.661. The van der Waals surface area contributed by atoms with Crippen molar-refractivity contribution in [2.45, 2.75) is 19.3 Å². The quantitative estimate of drug-likeness (QED) is 0.125. The molecule has 0 amide bonds. The predicted molar refractivity (Wildman–Crippen MR) is 254 cm³/mol. The maximum Gasteiger partial charge on any atom is 0.0159 e. The predicted octanol–water partition coefficient (Wildman–Crippen LogP) is 16.5. The van der Waals surface area contributed by atoms with Crippen molar-refractivity contribution in [3.8, 4) is 44.5 Å². The third-order valence-corrected chi connectivity index (χ3v) is 13.8. The average molecular weight is 747 g/mol. The highest BCUT2D eigenvalue weighted by molar-refractivity contribution is 6.32. The first-order valence-electron chi connectivity index (χ1n) is 20.8. The van der Waals surface area contributed by atoms with Crippen LogP contribution in [0.25, 0.3) is 120 Å². The van der Waals surface area contributed by atoms with Crippen molar-refractivity contribution < 1.29 is 0 Å². The normalized spacial score (nSPS) is 13.4. The summed E-state index contributed by atoms with van der Waals surface area (Å²) >= 11 is 0. The fraction of sp³-hybridized carbons (Fsp3) is 0.0508. The molecule has 0 bridgehead atoms. The Morgan fingerprint density at radius 3 is 1.54 bits per heavy atom. The lowest BCUT2D eigenvalue weighted by atomic mass is 9.79. The molecule has 0 saturated heterocycles. The standard InChI is InChI=1S/C59H38/c1-59(2)52-33-42(41-21-18-35-10-3-4-12-40(35)32-41)25-27-45(52)46-28-26-43(34-53(46)59)55-47-16-7-8-17-48(47)58(57-44-15-6-5-11-36(44)22-31-51(55)57)50-30-24-39-20-19-37-13-9-14-38-23-29-49(50)56(39)54(37)38/h3-34H,1-2H3. The third-order valence-electron chi connectivity index (χ3n) is 13.8. The van der Waals surface area contributed by atoms with Crippen LogP contribution in [0, 0.1) is 0 Å². The first kappa shape index (κ1) is 32.8. The van der Waals surface area contributed by atoms with Gasteiger partial charge < -0.3 is 0 Å². The summed E-state index contributed by atoms with van der Waals surface area (Å²) in [6, 6.07) is 73.3. The van der Waals surface area contributed by atoms with Crippen molar-refractivity contribution >= 4 is 75.4 Å². The monoisotopic (exact) mass is 746 g/mol. The Balaban J connectivity index is 1.06. The zero-order chi connectivity index (χ0) is 39.0. The molecule has 0 aromatic heterocycles. The van der Waals surface area contributed by atoms with Gasteiger partial charge in [0.05, 0.1) is 0 Å². The van der Waals surface area contributed by atoms with Crippen molar-refractivity contribution in [1.82, 2.24) is 0 Å². The molecule has 1 aliphatic rings. The van der Waals surface area contributed by atoms with E-state index in [1.807, 2.05) is 0 Å². The van der Waals surface area contributed by atoms with Crippen molar-refractivity contribution in [2.24, 2.45) is 0 Å². The summed E-state index contributed by atoms with van der Waals surface area (Å²) in [4.78, 5) is 0. The highest BCUT2D eigenvalue weighted by atomic mass is 14.4. The minimum absolute atomic E-state index is 0.173. The molecule has 0 fully saturated rings. The molecule has 1 aliphatic carbocycles. The number of hydrogen-bond acceptors (Lipinski definition) is 0. The molecular weight excluding hydrogens is 709 g/mol. The van der Waals surface area contributed by atoms with Gasteiger partial charge in [-0.2, -0.15) is 0 Å². The van der Waals surface area contributed by atoms with E-state index in [9.17, 15) is 0 Å². The zero-order valence-corrected chi connectivity index (χ0v) is 33.0. The van der Waals surface area contributed by atoms with E-state index in [1.165, 1.54) is 131 Å². The van der Waals surface area contributed by atoms with Crippen molar-refractivity contribution in [3.05, 3.63) is 205 Å². The number of hydrogen-bond donors (Lipinski definition) is 0. The minimum Gasteiger partial charge on any atom is -0.0616 e. The van der Waals surface area contributed by atoms with E-state index < -0.39 is 0 Å². The molecule has 0 heterocycles.